The Morgan fingerprint density at radius 3 is 2.67 bits per heavy atom. The van der Waals surface area contributed by atoms with Gasteiger partial charge in [0.1, 0.15) is 5.76 Å². The van der Waals surface area contributed by atoms with Gasteiger partial charge in [-0.05, 0) is 17.7 Å². The predicted octanol–water partition coefficient (Wildman–Crippen LogP) is 3.70. The summed E-state index contributed by atoms with van der Waals surface area (Å²) in [6, 6.07) is 14.4. The highest BCUT2D eigenvalue weighted by Crippen LogP contribution is 2.31. The molecule has 0 unspecified atom stereocenters. The van der Waals surface area contributed by atoms with E-state index in [1.165, 1.54) is 6.07 Å². The number of benzene rings is 2. The van der Waals surface area contributed by atoms with E-state index in [2.05, 4.69) is 0 Å². The summed E-state index contributed by atoms with van der Waals surface area (Å²) in [6.45, 7) is 0.426. The molecule has 0 bridgehead atoms. The first kappa shape index (κ1) is 11.0. The van der Waals surface area contributed by atoms with Crippen molar-refractivity contribution in [1.29, 1.82) is 0 Å². The molecule has 18 heavy (non-hydrogen) atoms. The lowest BCUT2D eigenvalue weighted by molar-refractivity contribution is 0.568. The minimum absolute atomic E-state index is 0.291. The summed E-state index contributed by atoms with van der Waals surface area (Å²) in [6.07, 6.45) is 0. The fraction of sp³-hybridized carbons (Fsp3) is 0.0667. The summed E-state index contributed by atoms with van der Waals surface area (Å²) in [5.74, 6) is 0.306. The number of rotatable bonds is 2. The number of para-hydroxylation sites is 1. The van der Waals surface area contributed by atoms with Crippen molar-refractivity contribution in [2.75, 3.05) is 0 Å². The molecular formula is C15H12FNO. The monoisotopic (exact) mass is 241 g/mol. The van der Waals surface area contributed by atoms with Gasteiger partial charge in [0.05, 0.1) is 0 Å². The molecule has 3 aromatic rings. The van der Waals surface area contributed by atoms with E-state index in [0.29, 0.717) is 17.9 Å². The van der Waals surface area contributed by atoms with Gasteiger partial charge in [0, 0.05) is 17.5 Å². The van der Waals surface area contributed by atoms with Gasteiger partial charge in [0.2, 0.25) is 0 Å². The van der Waals surface area contributed by atoms with E-state index in [0.717, 1.165) is 16.5 Å². The second-order valence-electron chi connectivity index (χ2n) is 4.13. The number of fused-ring (bicyclic) bond motifs is 1. The van der Waals surface area contributed by atoms with E-state index in [9.17, 15) is 4.39 Å². The fourth-order valence-electron chi connectivity index (χ4n) is 2.10. The SMILES string of the molecule is NCc1ccccc1-c1cc2cccc(F)c2o1. The molecule has 0 saturated carbocycles. The third-order valence-corrected chi connectivity index (χ3v) is 3.00. The molecular weight excluding hydrogens is 229 g/mol. The smallest absolute Gasteiger partial charge is 0.170 e. The van der Waals surface area contributed by atoms with Crippen molar-refractivity contribution < 1.29 is 8.81 Å². The zero-order chi connectivity index (χ0) is 12.5. The Bertz CT molecular complexity index is 703. The van der Waals surface area contributed by atoms with Crippen LogP contribution < -0.4 is 5.73 Å². The largest absolute Gasteiger partial charge is 0.453 e. The molecule has 2 aromatic carbocycles. The molecule has 0 radical (unpaired) electrons. The van der Waals surface area contributed by atoms with Crippen LogP contribution in [0, 0.1) is 5.82 Å². The molecule has 0 amide bonds. The molecule has 0 aliphatic carbocycles. The highest BCUT2D eigenvalue weighted by Gasteiger charge is 2.11. The first-order valence-electron chi connectivity index (χ1n) is 5.76. The molecule has 0 atom stereocenters. The Hall–Kier alpha value is -2.13. The molecule has 0 aliphatic rings. The molecule has 90 valence electrons. The van der Waals surface area contributed by atoms with Crippen molar-refractivity contribution in [2.45, 2.75) is 6.54 Å². The van der Waals surface area contributed by atoms with E-state index >= 15 is 0 Å². The zero-order valence-corrected chi connectivity index (χ0v) is 9.69. The van der Waals surface area contributed by atoms with Gasteiger partial charge in [0.15, 0.2) is 11.4 Å². The van der Waals surface area contributed by atoms with Crippen LogP contribution in [-0.4, -0.2) is 0 Å². The van der Waals surface area contributed by atoms with Crippen molar-refractivity contribution >= 4 is 11.0 Å². The second kappa shape index (κ2) is 4.27. The highest BCUT2D eigenvalue weighted by molar-refractivity contribution is 5.83. The van der Waals surface area contributed by atoms with Crippen LogP contribution in [0.25, 0.3) is 22.3 Å². The van der Waals surface area contributed by atoms with Crippen LogP contribution in [0.1, 0.15) is 5.56 Å². The molecule has 1 aromatic heterocycles. The van der Waals surface area contributed by atoms with Crippen LogP contribution in [0.4, 0.5) is 4.39 Å². The third kappa shape index (κ3) is 1.69. The Labute approximate surface area is 104 Å². The third-order valence-electron chi connectivity index (χ3n) is 3.00. The zero-order valence-electron chi connectivity index (χ0n) is 9.69. The quantitative estimate of drug-likeness (QED) is 0.743. The number of furan rings is 1. The van der Waals surface area contributed by atoms with Gasteiger partial charge in [-0.1, -0.05) is 36.4 Å². The summed E-state index contributed by atoms with van der Waals surface area (Å²) in [7, 11) is 0. The van der Waals surface area contributed by atoms with Crippen molar-refractivity contribution in [2.24, 2.45) is 5.73 Å². The van der Waals surface area contributed by atoms with Gasteiger partial charge in [-0.2, -0.15) is 0 Å². The number of hydrogen-bond donors (Lipinski definition) is 1. The normalized spacial score (nSPS) is 11.0. The molecule has 0 fully saturated rings. The summed E-state index contributed by atoms with van der Waals surface area (Å²) in [5.41, 5.74) is 7.88. The molecule has 3 heteroatoms. The van der Waals surface area contributed by atoms with Crippen LogP contribution in [0.2, 0.25) is 0 Å². The number of halogens is 1. The standard InChI is InChI=1S/C15H12FNO/c16-13-7-3-5-10-8-14(18-15(10)13)12-6-2-1-4-11(12)9-17/h1-8H,9,17H2. The lowest BCUT2D eigenvalue weighted by Crippen LogP contribution is -1.97. The van der Waals surface area contributed by atoms with Crippen LogP contribution in [-0.2, 0) is 6.54 Å². The predicted molar refractivity (Wildman–Crippen MR) is 69.5 cm³/mol. The average molecular weight is 241 g/mol. The molecule has 0 saturated heterocycles. The molecule has 1 heterocycles. The Morgan fingerprint density at radius 1 is 1.06 bits per heavy atom. The van der Waals surface area contributed by atoms with Gasteiger partial charge in [-0.3, -0.25) is 0 Å². The first-order valence-corrected chi connectivity index (χ1v) is 5.76. The lowest BCUT2D eigenvalue weighted by atomic mass is 10.1. The van der Waals surface area contributed by atoms with Crippen LogP contribution in [0.5, 0.6) is 0 Å². The van der Waals surface area contributed by atoms with Crippen LogP contribution >= 0.6 is 0 Å². The maximum absolute atomic E-state index is 13.6. The molecule has 3 rings (SSSR count). The molecule has 2 N–H and O–H groups in total. The van der Waals surface area contributed by atoms with Gasteiger partial charge >= 0.3 is 0 Å². The average Bonchev–Trinajstić information content (AvgIpc) is 2.84. The maximum Gasteiger partial charge on any atom is 0.170 e. The van der Waals surface area contributed by atoms with Crippen molar-refractivity contribution in [3.8, 4) is 11.3 Å². The van der Waals surface area contributed by atoms with Gasteiger partial charge in [0.25, 0.3) is 0 Å². The maximum atomic E-state index is 13.6. The number of nitrogens with two attached hydrogens (primary N) is 1. The van der Waals surface area contributed by atoms with E-state index in [4.69, 9.17) is 10.2 Å². The summed E-state index contributed by atoms with van der Waals surface area (Å²) in [4.78, 5) is 0. The minimum atomic E-state index is -0.344. The summed E-state index contributed by atoms with van der Waals surface area (Å²) < 4.78 is 19.2. The second-order valence-corrected chi connectivity index (χ2v) is 4.13. The first-order chi connectivity index (χ1) is 8.79. The van der Waals surface area contributed by atoms with E-state index in [-0.39, 0.29) is 5.82 Å². The van der Waals surface area contributed by atoms with E-state index in [1.807, 2.05) is 36.4 Å². The van der Waals surface area contributed by atoms with Crippen molar-refractivity contribution in [1.82, 2.24) is 0 Å². The molecule has 0 aliphatic heterocycles. The van der Waals surface area contributed by atoms with Crippen LogP contribution in [0.3, 0.4) is 0 Å². The van der Waals surface area contributed by atoms with E-state index < -0.39 is 0 Å². The topological polar surface area (TPSA) is 39.2 Å². The Kier molecular flexibility index (Phi) is 2.61. The Morgan fingerprint density at radius 2 is 1.89 bits per heavy atom. The summed E-state index contributed by atoms with van der Waals surface area (Å²) >= 11 is 0. The van der Waals surface area contributed by atoms with Gasteiger partial charge < -0.3 is 10.2 Å². The van der Waals surface area contributed by atoms with Crippen LogP contribution in [0.15, 0.2) is 52.9 Å². The summed E-state index contributed by atoms with van der Waals surface area (Å²) in [5, 5.41) is 0.761. The molecule has 0 spiro atoms. The molecule has 2 nitrogen and oxygen atoms in total. The highest BCUT2D eigenvalue weighted by atomic mass is 19.1. The Balaban J connectivity index is 2.23. The fourth-order valence-corrected chi connectivity index (χ4v) is 2.10. The van der Waals surface area contributed by atoms with Gasteiger partial charge in [-0.15, -0.1) is 0 Å². The lowest BCUT2D eigenvalue weighted by Gasteiger charge is -2.03. The van der Waals surface area contributed by atoms with E-state index in [1.54, 1.807) is 6.07 Å². The van der Waals surface area contributed by atoms with Crippen molar-refractivity contribution in [3.05, 3.63) is 59.9 Å². The minimum Gasteiger partial charge on any atom is -0.453 e. The number of hydrogen-bond acceptors (Lipinski definition) is 2. The van der Waals surface area contributed by atoms with Crippen molar-refractivity contribution in [3.63, 3.8) is 0 Å². The van der Waals surface area contributed by atoms with Gasteiger partial charge in [-0.25, -0.2) is 4.39 Å².